The molecule has 112 valence electrons. The van der Waals surface area contributed by atoms with Gasteiger partial charge in [-0.05, 0) is 56.0 Å². The summed E-state index contributed by atoms with van der Waals surface area (Å²) in [4.78, 5) is 11.6. The van der Waals surface area contributed by atoms with E-state index in [0.29, 0.717) is 0 Å². The Balaban J connectivity index is 2.51. The molecule has 0 aliphatic heterocycles. The molecule has 0 aromatic heterocycles. The van der Waals surface area contributed by atoms with E-state index in [1.165, 1.54) is 0 Å². The van der Waals surface area contributed by atoms with Gasteiger partial charge in [-0.25, -0.2) is 8.42 Å². The quantitative estimate of drug-likeness (QED) is 0.263. The molecule has 5 nitrogen and oxygen atoms in total. The molecule has 20 heavy (non-hydrogen) atoms. The predicted molar refractivity (Wildman–Crippen MR) is 83.4 cm³/mol. The van der Waals surface area contributed by atoms with Gasteiger partial charge in [0.05, 0.1) is 23.1 Å². The first-order valence-electron chi connectivity index (χ1n) is 5.41. The lowest BCUT2D eigenvalue weighted by Gasteiger charge is -2.09. The highest BCUT2D eigenvalue weighted by molar-refractivity contribution is 9.13. The lowest BCUT2D eigenvalue weighted by atomic mass is 10.1. The molecule has 0 fully saturated rings. The molecule has 1 aromatic rings. The van der Waals surface area contributed by atoms with E-state index in [-0.39, 0.29) is 19.4 Å². The lowest BCUT2D eigenvalue weighted by Crippen LogP contribution is -2.13. The Kier molecular flexibility index (Phi) is 7.13. The first-order chi connectivity index (χ1) is 9.19. The summed E-state index contributed by atoms with van der Waals surface area (Å²) in [6.07, 6.45) is 0.0453. The maximum atomic E-state index is 11.6. The van der Waals surface area contributed by atoms with Crippen LogP contribution in [0.2, 0.25) is 0 Å². The third-order valence-electron chi connectivity index (χ3n) is 2.20. The highest BCUT2D eigenvalue weighted by Gasteiger charge is 2.11. The van der Waals surface area contributed by atoms with Crippen LogP contribution in [0.25, 0.3) is 0 Å². The molecule has 0 radical (unpaired) electrons. The van der Waals surface area contributed by atoms with Gasteiger partial charge in [-0.15, -0.1) is 0 Å². The fourth-order valence-electron chi connectivity index (χ4n) is 1.37. The molecule has 0 aliphatic rings. The standard InChI is InChI=1S/C11H11Br3O5S/c12-8-4-7(11(14)9(13)6-8)5-10(15)19-2-1-3-20(16,17)18/h4,6H,1-3,5H2,(H,16,17,18)/p-1. The number of benzene rings is 1. The summed E-state index contributed by atoms with van der Waals surface area (Å²) in [6, 6.07) is 3.61. The van der Waals surface area contributed by atoms with Crippen LogP contribution in [0.5, 0.6) is 0 Å². The van der Waals surface area contributed by atoms with Crippen molar-refractivity contribution in [3.8, 4) is 0 Å². The highest BCUT2D eigenvalue weighted by Crippen LogP contribution is 2.31. The zero-order chi connectivity index (χ0) is 15.3. The zero-order valence-electron chi connectivity index (χ0n) is 10.1. The van der Waals surface area contributed by atoms with Gasteiger partial charge >= 0.3 is 5.97 Å². The molecule has 1 aromatic carbocycles. The minimum Gasteiger partial charge on any atom is -0.748 e. The summed E-state index contributed by atoms with van der Waals surface area (Å²) >= 11 is 10.0. The van der Waals surface area contributed by atoms with Crippen molar-refractivity contribution in [2.75, 3.05) is 12.4 Å². The van der Waals surface area contributed by atoms with E-state index < -0.39 is 21.8 Å². The third kappa shape index (κ3) is 6.66. The Labute approximate surface area is 142 Å². The van der Waals surface area contributed by atoms with Crippen LogP contribution in [0.3, 0.4) is 0 Å². The molecule has 0 amide bonds. The first-order valence-corrected chi connectivity index (χ1v) is 9.37. The Morgan fingerprint density at radius 2 is 1.90 bits per heavy atom. The molecule has 0 bridgehead atoms. The molecular weight excluding hydrogens is 484 g/mol. The predicted octanol–water partition coefficient (Wildman–Crippen LogP) is 3.00. The zero-order valence-corrected chi connectivity index (χ0v) is 15.6. The van der Waals surface area contributed by atoms with E-state index in [0.717, 1.165) is 19.0 Å². The van der Waals surface area contributed by atoms with Crippen LogP contribution >= 0.6 is 47.8 Å². The molecule has 0 N–H and O–H groups in total. The Bertz CT molecular complexity index is 600. The van der Waals surface area contributed by atoms with Gasteiger partial charge in [-0.3, -0.25) is 4.79 Å². The fraction of sp³-hybridized carbons (Fsp3) is 0.364. The highest BCUT2D eigenvalue weighted by atomic mass is 79.9. The van der Waals surface area contributed by atoms with E-state index in [2.05, 4.69) is 47.8 Å². The second-order valence-electron chi connectivity index (χ2n) is 3.87. The van der Waals surface area contributed by atoms with Crippen molar-refractivity contribution in [3.63, 3.8) is 0 Å². The summed E-state index contributed by atoms with van der Waals surface area (Å²) in [5.74, 6) is -1.02. The van der Waals surface area contributed by atoms with Crippen LogP contribution in [-0.2, 0) is 26.1 Å². The van der Waals surface area contributed by atoms with Gasteiger partial charge in [0.2, 0.25) is 0 Å². The van der Waals surface area contributed by atoms with Crippen molar-refractivity contribution in [2.45, 2.75) is 12.8 Å². The van der Waals surface area contributed by atoms with Crippen LogP contribution in [0.15, 0.2) is 25.6 Å². The topological polar surface area (TPSA) is 83.5 Å². The molecule has 0 saturated heterocycles. The van der Waals surface area contributed by atoms with Crippen molar-refractivity contribution >= 4 is 63.9 Å². The Morgan fingerprint density at radius 3 is 2.50 bits per heavy atom. The third-order valence-corrected chi connectivity index (χ3v) is 5.55. The summed E-state index contributed by atoms with van der Waals surface area (Å²) in [5, 5.41) is 0. The molecule has 0 heterocycles. The van der Waals surface area contributed by atoms with E-state index in [1.807, 2.05) is 6.07 Å². The monoisotopic (exact) mass is 491 g/mol. The van der Waals surface area contributed by atoms with Crippen LogP contribution in [0.1, 0.15) is 12.0 Å². The van der Waals surface area contributed by atoms with Crippen LogP contribution in [0, 0.1) is 0 Å². The first kappa shape index (κ1) is 18.1. The second-order valence-corrected chi connectivity index (χ2v) is 7.96. The van der Waals surface area contributed by atoms with E-state index in [9.17, 15) is 17.8 Å². The number of hydrogen-bond acceptors (Lipinski definition) is 5. The van der Waals surface area contributed by atoms with Crippen molar-refractivity contribution in [3.05, 3.63) is 31.1 Å². The average molecular weight is 494 g/mol. The van der Waals surface area contributed by atoms with Crippen molar-refractivity contribution in [2.24, 2.45) is 0 Å². The molecule has 0 saturated carbocycles. The number of rotatable bonds is 6. The summed E-state index contributed by atoms with van der Waals surface area (Å²) in [5.41, 5.74) is 0.729. The van der Waals surface area contributed by atoms with Gasteiger partial charge in [0.1, 0.15) is 0 Å². The molecule has 0 aliphatic carbocycles. The fourth-order valence-corrected chi connectivity index (χ4v) is 3.52. The average Bonchev–Trinajstić information content (AvgIpc) is 2.30. The summed E-state index contributed by atoms with van der Waals surface area (Å²) in [6.45, 7) is -0.0902. The van der Waals surface area contributed by atoms with E-state index >= 15 is 0 Å². The van der Waals surface area contributed by atoms with E-state index in [4.69, 9.17) is 4.74 Å². The van der Waals surface area contributed by atoms with Crippen LogP contribution in [-0.4, -0.2) is 31.3 Å². The summed E-state index contributed by atoms with van der Waals surface area (Å²) in [7, 11) is -4.26. The van der Waals surface area contributed by atoms with Gasteiger partial charge < -0.3 is 9.29 Å². The molecule has 0 spiro atoms. The molecular formula is C11H10Br3O5S-. The maximum absolute atomic E-state index is 11.6. The van der Waals surface area contributed by atoms with Gasteiger partial charge in [0.25, 0.3) is 0 Å². The Hall–Kier alpha value is 0.0400. The SMILES string of the molecule is O=C(Cc1cc(Br)cc(Br)c1Br)OCCCS(=O)(=O)[O-]. The largest absolute Gasteiger partial charge is 0.748 e. The van der Waals surface area contributed by atoms with Gasteiger partial charge in [-0.1, -0.05) is 15.9 Å². The number of hydrogen-bond donors (Lipinski definition) is 0. The van der Waals surface area contributed by atoms with Crippen LogP contribution < -0.4 is 0 Å². The van der Waals surface area contributed by atoms with Crippen LogP contribution in [0.4, 0.5) is 0 Å². The minimum atomic E-state index is -4.26. The lowest BCUT2D eigenvalue weighted by molar-refractivity contribution is -0.142. The van der Waals surface area contributed by atoms with Gasteiger partial charge in [-0.2, -0.15) is 0 Å². The van der Waals surface area contributed by atoms with Gasteiger partial charge in [0, 0.05) is 19.2 Å². The number of carbonyl (C=O) groups is 1. The normalized spacial score (nSPS) is 11.4. The van der Waals surface area contributed by atoms with Gasteiger partial charge in [0.15, 0.2) is 0 Å². The molecule has 0 atom stereocenters. The number of esters is 1. The number of carbonyl (C=O) groups excluding carboxylic acids is 1. The molecule has 1 rings (SSSR count). The smallest absolute Gasteiger partial charge is 0.310 e. The van der Waals surface area contributed by atoms with E-state index in [1.54, 1.807) is 6.07 Å². The van der Waals surface area contributed by atoms with Crippen molar-refractivity contribution < 1.29 is 22.5 Å². The summed E-state index contributed by atoms with van der Waals surface area (Å²) < 4.78 is 38.4. The minimum absolute atomic E-state index is 0.000914. The molecule has 0 unspecified atom stereocenters. The Morgan fingerprint density at radius 1 is 1.25 bits per heavy atom. The second kappa shape index (κ2) is 7.88. The van der Waals surface area contributed by atoms with Crippen molar-refractivity contribution in [1.82, 2.24) is 0 Å². The maximum Gasteiger partial charge on any atom is 0.310 e. The molecule has 9 heteroatoms. The van der Waals surface area contributed by atoms with Crippen molar-refractivity contribution in [1.29, 1.82) is 0 Å². The number of ether oxygens (including phenoxy) is 1. The number of halogens is 3.